The van der Waals surface area contributed by atoms with E-state index < -0.39 is 40.0 Å². The molecule has 2 aromatic carbocycles. The van der Waals surface area contributed by atoms with Crippen LogP contribution in [-0.2, 0) is 38.4 Å². The van der Waals surface area contributed by atoms with E-state index >= 15 is 0 Å². The fraction of sp³-hybridized carbons (Fsp3) is 0.375. The number of hydrogen-bond donors (Lipinski definition) is 0. The molecule has 2 atom stereocenters. The maximum atomic E-state index is 13.2. The first-order valence-electron chi connectivity index (χ1n) is 11.0. The zero-order chi connectivity index (χ0) is 28.5. The van der Waals surface area contributed by atoms with Crippen molar-refractivity contribution in [2.24, 2.45) is 0 Å². The molecular weight excluding hydrogens is 587 g/mol. The van der Waals surface area contributed by atoms with Gasteiger partial charge < -0.3 is 23.7 Å². The van der Waals surface area contributed by atoms with Crippen molar-refractivity contribution in [3.8, 4) is 11.5 Å². The summed E-state index contributed by atoms with van der Waals surface area (Å²) >= 11 is 18.3. The Morgan fingerprint density at radius 3 is 1.79 bits per heavy atom. The summed E-state index contributed by atoms with van der Waals surface area (Å²) in [7, 11) is -4.03. The van der Waals surface area contributed by atoms with Gasteiger partial charge in [-0.25, -0.2) is 8.42 Å². The van der Waals surface area contributed by atoms with E-state index in [0.29, 0.717) is 5.75 Å². The first-order valence-corrected chi connectivity index (χ1v) is 13.7. The van der Waals surface area contributed by atoms with Gasteiger partial charge in [0.05, 0.1) is 25.7 Å². The van der Waals surface area contributed by atoms with Gasteiger partial charge in [0.25, 0.3) is 0 Å². The number of ether oxygens (including phenoxy) is 5. The van der Waals surface area contributed by atoms with Crippen LogP contribution in [0.25, 0.3) is 0 Å². The SMILES string of the molecule is CC(=O)OC[C@H](COc1c(Cl)cc(S(=O)(=O)c2ccc(OC[C@@H](CCl)OC(C)=O)cc2)cc1Cl)OC(C)=O. The predicted octanol–water partition coefficient (Wildman–Crippen LogP) is 4.25. The van der Waals surface area contributed by atoms with Crippen molar-refractivity contribution >= 4 is 62.5 Å². The van der Waals surface area contributed by atoms with Gasteiger partial charge in [0.1, 0.15) is 31.7 Å². The minimum atomic E-state index is -4.03. The van der Waals surface area contributed by atoms with E-state index in [1.807, 2.05) is 0 Å². The van der Waals surface area contributed by atoms with Crippen LogP contribution in [0.2, 0.25) is 10.0 Å². The second-order valence-electron chi connectivity index (χ2n) is 7.73. The van der Waals surface area contributed by atoms with E-state index in [1.54, 1.807) is 0 Å². The van der Waals surface area contributed by atoms with Crippen molar-refractivity contribution in [1.82, 2.24) is 0 Å². The van der Waals surface area contributed by atoms with E-state index in [2.05, 4.69) is 0 Å². The topological polar surface area (TPSA) is 132 Å². The monoisotopic (exact) mass is 610 g/mol. The molecule has 2 rings (SSSR count). The van der Waals surface area contributed by atoms with Crippen LogP contribution in [0, 0.1) is 0 Å². The summed E-state index contributed by atoms with van der Waals surface area (Å²) in [5.41, 5.74) is 0. The van der Waals surface area contributed by atoms with Crippen molar-refractivity contribution in [1.29, 1.82) is 0 Å². The Morgan fingerprint density at radius 1 is 0.763 bits per heavy atom. The molecule has 38 heavy (non-hydrogen) atoms. The number of carbonyl (C=O) groups is 3. The zero-order valence-corrected chi connectivity index (χ0v) is 23.7. The highest BCUT2D eigenvalue weighted by Crippen LogP contribution is 2.37. The third-order valence-corrected chi connectivity index (χ3v) is 7.23. The van der Waals surface area contributed by atoms with Crippen molar-refractivity contribution in [2.75, 3.05) is 25.7 Å². The fourth-order valence-corrected chi connectivity index (χ4v) is 5.14. The Labute approximate surface area is 234 Å². The molecule has 0 aliphatic carbocycles. The molecule has 0 radical (unpaired) electrons. The Kier molecular flexibility index (Phi) is 12.0. The molecule has 0 spiro atoms. The van der Waals surface area contributed by atoms with Gasteiger partial charge in [0, 0.05) is 20.8 Å². The largest absolute Gasteiger partial charge is 0.490 e. The Balaban J connectivity index is 2.15. The molecule has 0 heterocycles. The maximum absolute atomic E-state index is 13.2. The van der Waals surface area contributed by atoms with Crippen LogP contribution in [0.5, 0.6) is 11.5 Å². The summed E-state index contributed by atoms with van der Waals surface area (Å²) in [5, 5.41) is -0.217. The van der Waals surface area contributed by atoms with Gasteiger partial charge in [0.15, 0.2) is 11.9 Å². The molecule has 0 unspecified atom stereocenters. The number of hydrogen-bond acceptors (Lipinski definition) is 10. The predicted molar refractivity (Wildman–Crippen MR) is 138 cm³/mol. The Hall–Kier alpha value is -2.73. The van der Waals surface area contributed by atoms with Crippen LogP contribution in [0.3, 0.4) is 0 Å². The van der Waals surface area contributed by atoms with Crippen LogP contribution in [0.1, 0.15) is 20.8 Å². The molecule has 0 aliphatic heterocycles. The molecule has 208 valence electrons. The smallest absolute Gasteiger partial charge is 0.303 e. The Morgan fingerprint density at radius 2 is 1.29 bits per heavy atom. The minimum Gasteiger partial charge on any atom is -0.490 e. The van der Waals surface area contributed by atoms with E-state index in [0.717, 1.165) is 0 Å². The van der Waals surface area contributed by atoms with Gasteiger partial charge in [0.2, 0.25) is 9.84 Å². The summed E-state index contributed by atoms with van der Waals surface area (Å²) in [6, 6.07) is 7.86. The molecule has 0 saturated heterocycles. The molecule has 0 aromatic heterocycles. The van der Waals surface area contributed by atoms with E-state index in [4.69, 9.17) is 58.5 Å². The van der Waals surface area contributed by atoms with Crippen molar-refractivity contribution in [3.63, 3.8) is 0 Å². The number of alkyl halides is 1. The van der Waals surface area contributed by atoms with Gasteiger partial charge >= 0.3 is 17.9 Å². The lowest BCUT2D eigenvalue weighted by atomic mass is 10.3. The van der Waals surface area contributed by atoms with E-state index in [-0.39, 0.29) is 51.3 Å². The van der Waals surface area contributed by atoms with Crippen molar-refractivity contribution < 1.29 is 46.5 Å². The number of esters is 3. The molecule has 14 heteroatoms. The highest BCUT2D eigenvalue weighted by atomic mass is 35.5. The number of sulfone groups is 1. The lowest BCUT2D eigenvalue weighted by Gasteiger charge is -2.19. The standard InChI is InChI=1S/C24H25Cl3O10S/c1-14(28)33-12-19(37-16(3)30)13-35-24-22(26)8-21(9-23(24)27)38(31,32)20-6-4-17(5-7-20)34-11-18(10-25)36-15(2)29/h4-9,18-19H,10-13H2,1-3H3/t18-,19-/m1/s1. The average molecular weight is 612 g/mol. The molecule has 0 aliphatic rings. The third-order valence-electron chi connectivity index (χ3n) is 4.58. The van der Waals surface area contributed by atoms with Crippen LogP contribution < -0.4 is 9.47 Å². The minimum absolute atomic E-state index is 0.0129. The zero-order valence-electron chi connectivity index (χ0n) is 20.6. The van der Waals surface area contributed by atoms with Crippen LogP contribution >= 0.6 is 34.8 Å². The summed E-state index contributed by atoms with van der Waals surface area (Å²) in [6.45, 7) is 3.10. The first kappa shape index (κ1) is 31.5. The van der Waals surface area contributed by atoms with Gasteiger partial charge in [-0.05, 0) is 36.4 Å². The summed E-state index contributed by atoms with van der Waals surface area (Å²) in [6.07, 6.45) is -1.60. The normalized spacial score (nSPS) is 12.7. The quantitative estimate of drug-likeness (QED) is 0.184. The van der Waals surface area contributed by atoms with E-state index in [9.17, 15) is 22.8 Å². The number of carbonyl (C=O) groups excluding carboxylic acids is 3. The molecule has 0 amide bonds. The summed E-state index contributed by atoms with van der Waals surface area (Å²) in [4.78, 5) is 33.2. The van der Waals surface area contributed by atoms with Gasteiger partial charge in [-0.1, -0.05) is 23.2 Å². The number of rotatable bonds is 13. The van der Waals surface area contributed by atoms with Gasteiger partial charge in [-0.2, -0.15) is 0 Å². The molecule has 0 fully saturated rings. The van der Waals surface area contributed by atoms with Crippen LogP contribution in [-0.4, -0.2) is 64.2 Å². The second-order valence-corrected chi connectivity index (χ2v) is 10.8. The lowest BCUT2D eigenvalue weighted by molar-refractivity contribution is -0.158. The maximum Gasteiger partial charge on any atom is 0.303 e. The number of halogens is 3. The summed E-state index contributed by atoms with van der Waals surface area (Å²) < 4.78 is 52.2. The first-order chi connectivity index (χ1) is 17.8. The highest BCUT2D eigenvalue weighted by molar-refractivity contribution is 7.91. The molecule has 0 bridgehead atoms. The van der Waals surface area contributed by atoms with Crippen LogP contribution in [0.15, 0.2) is 46.2 Å². The molecule has 10 nitrogen and oxygen atoms in total. The average Bonchev–Trinajstić information content (AvgIpc) is 2.83. The van der Waals surface area contributed by atoms with Crippen molar-refractivity contribution in [3.05, 3.63) is 46.4 Å². The third kappa shape index (κ3) is 9.54. The van der Waals surface area contributed by atoms with Crippen LogP contribution in [0.4, 0.5) is 0 Å². The molecule has 2 aromatic rings. The lowest BCUT2D eigenvalue weighted by Crippen LogP contribution is -2.30. The van der Waals surface area contributed by atoms with Crippen molar-refractivity contribution in [2.45, 2.75) is 42.8 Å². The van der Waals surface area contributed by atoms with Gasteiger partial charge in [-0.3, -0.25) is 14.4 Å². The second kappa shape index (κ2) is 14.4. The number of benzene rings is 2. The Bertz CT molecular complexity index is 1230. The van der Waals surface area contributed by atoms with E-state index in [1.165, 1.54) is 57.2 Å². The fourth-order valence-electron chi connectivity index (χ4n) is 2.95. The highest BCUT2D eigenvalue weighted by Gasteiger charge is 2.23. The summed E-state index contributed by atoms with van der Waals surface area (Å²) in [5.74, 6) is -1.37. The molecular formula is C24H25Cl3O10S. The molecule has 0 N–H and O–H groups in total. The molecule has 0 saturated carbocycles. The van der Waals surface area contributed by atoms with Gasteiger partial charge in [-0.15, -0.1) is 11.6 Å².